The van der Waals surface area contributed by atoms with Gasteiger partial charge in [0.25, 0.3) is 5.91 Å². The largest absolute Gasteiger partial charge is 0.443 e. The average Bonchev–Trinajstić information content (AvgIpc) is 3.08. The molecule has 1 aliphatic heterocycles. The van der Waals surface area contributed by atoms with E-state index in [1.54, 1.807) is 6.08 Å². The summed E-state index contributed by atoms with van der Waals surface area (Å²) in [6, 6.07) is 17.1. The van der Waals surface area contributed by atoms with Crippen molar-refractivity contribution in [3.63, 3.8) is 0 Å². The molecule has 2 aromatic rings. The average molecular weight is 305 g/mol. The van der Waals surface area contributed by atoms with Crippen molar-refractivity contribution in [2.24, 2.45) is 0 Å². The van der Waals surface area contributed by atoms with Gasteiger partial charge in [0.2, 0.25) is 0 Å². The molecule has 0 unspecified atom stereocenters. The maximum Gasteiger partial charge on any atom is 0.417 e. The molecule has 0 spiro atoms. The summed E-state index contributed by atoms with van der Waals surface area (Å²) >= 11 is 0. The fraction of sp³-hybridized carbons (Fsp3) is 0.158. The fourth-order valence-corrected chi connectivity index (χ4v) is 3.29. The summed E-state index contributed by atoms with van der Waals surface area (Å²) in [6.07, 6.45) is 2.98. The smallest absolute Gasteiger partial charge is 0.417 e. The van der Waals surface area contributed by atoms with Crippen LogP contribution in [0.2, 0.25) is 0 Å². The highest BCUT2D eigenvalue weighted by Gasteiger charge is 2.49. The van der Waals surface area contributed by atoms with Gasteiger partial charge >= 0.3 is 6.09 Å². The number of rotatable bonds is 2. The number of amides is 2. The number of imide groups is 1. The maximum atomic E-state index is 12.5. The van der Waals surface area contributed by atoms with Crippen LogP contribution in [0, 0.1) is 0 Å². The fourth-order valence-electron chi connectivity index (χ4n) is 3.29. The van der Waals surface area contributed by atoms with Gasteiger partial charge < -0.3 is 4.74 Å². The zero-order valence-electron chi connectivity index (χ0n) is 12.4. The molecule has 0 radical (unpaired) electrons. The lowest BCUT2D eigenvalue weighted by atomic mass is 10.1. The second kappa shape index (κ2) is 5.39. The molecular weight excluding hydrogens is 290 g/mol. The van der Waals surface area contributed by atoms with Crippen molar-refractivity contribution in [1.82, 2.24) is 4.90 Å². The summed E-state index contributed by atoms with van der Waals surface area (Å²) in [5.74, 6) is -0.344. The van der Waals surface area contributed by atoms with Crippen molar-refractivity contribution in [3.8, 4) is 0 Å². The van der Waals surface area contributed by atoms with E-state index in [4.69, 9.17) is 4.74 Å². The Labute approximate surface area is 134 Å². The Kier molecular flexibility index (Phi) is 3.23. The second-order valence-corrected chi connectivity index (χ2v) is 5.72. The third-order valence-electron chi connectivity index (χ3n) is 4.33. The molecule has 0 N–H and O–H groups in total. The highest BCUT2D eigenvalue weighted by molar-refractivity contribution is 6.02. The van der Waals surface area contributed by atoms with E-state index in [1.165, 1.54) is 11.0 Å². The molecule has 4 heteroatoms. The minimum atomic E-state index is -0.558. The second-order valence-electron chi connectivity index (χ2n) is 5.72. The maximum absolute atomic E-state index is 12.5. The van der Waals surface area contributed by atoms with E-state index in [0.717, 1.165) is 16.7 Å². The molecule has 0 aromatic heterocycles. The quantitative estimate of drug-likeness (QED) is 0.799. The first-order valence-corrected chi connectivity index (χ1v) is 7.59. The van der Waals surface area contributed by atoms with E-state index in [0.29, 0.717) is 6.42 Å². The van der Waals surface area contributed by atoms with Gasteiger partial charge in [-0.3, -0.25) is 4.79 Å². The van der Waals surface area contributed by atoms with Gasteiger partial charge in [-0.1, -0.05) is 54.6 Å². The van der Waals surface area contributed by atoms with Gasteiger partial charge in [-0.2, -0.15) is 0 Å². The van der Waals surface area contributed by atoms with Crippen molar-refractivity contribution >= 4 is 18.1 Å². The molecule has 0 bridgehead atoms. The van der Waals surface area contributed by atoms with Crippen molar-refractivity contribution in [1.29, 1.82) is 0 Å². The summed E-state index contributed by atoms with van der Waals surface area (Å²) in [4.78, 5) is 25.9. The van der Waals surface area contributed by atoms with E-state index in [2.05, 4.69) is 0 Å². The summed E-state index contributed by atoms with van der Waals surface area (Å²) in [6.45, 7) is 0. The van der Waals surface area contributed by atoms with Crippen LogP contribution in [0.15, 0.2) is 60.7 Å². The normalized spacial score (nSPS) is 22.1. The molecular formula is C19H15NO3. The predicted octanol–water partition coefficient (Wildman–Crippen LogP) is 3.34. The lowest BCUT2D eigenvalue weighted by Crippen LogP contribution is -2.33. The number of carbonyl (C=O) groups is 2. The molecule has 23 heavy (non-hydrogen) atoms. The summed E-state index contributed by atoms with van der Waals surface area (Å²) in [5, 5.41) is 0. The highest BCUT2D eigenvalue weighted by Crippen LogP contribution is 2.42. The van der Waals surface area contributed by atoms with Crippen LogP contribution in [0.1, 0.15) is 22.7 Å². The first kappa shape index (κ1) is 13.8. The van der Waals surface area contributed by atoms with Gasteiger partial charge in [-0.15, -0.1) is 0 Å². The van der Waals surface area contributed by atoms with Gasteiger partial charge in [0.05, 0.1) is 0 Å². The number of hydrogen-bond donors (Lipinski definition) is 0. The number of ether oxygens (including phenoxy) is 1. The van der Waals surface area contributed by atoms with Crippen LogP contribution < -0.4 is 0 Å². The molecule has 4 nitrogen and oxygen atoms in total. The van der Waals surface area contributed by atoms with Crippen LogP contribution in [0.25, 0.3) is 6.08 Å². The van der Waals surface area contributed by atoms with Crippen LogP contribution >= 0.6 is 0 Å². The number of nitrogens with zero attached hydrogens (tertiary/aromatic N) is 1. The van der Waals surface area contributed by atoms with Crippen LogP contribution in [0.4, 0.5) is 4.79 Å². The Bertz CT molecular complexity index is 797. The Morgan fingerprint density at radius 1 is 1.09 bits per heavy atom. The van der Waals surface area contributed by atoms with Crippen LogP contribution in [0.3, 0.4) is 0 Å². The van der Waals surface area contributed by atoms with Crippen LogP contribution in [-0.2, 0) is 16.0 Å². The van der Waals surface area contributed by atoms with E-state index in [-0.39, 0.29) is 18.1 Å². The predicted molar refractivity (Wildman–Crippen MR) is 85.5 cm³/mol. The Morgan fingerprint density at radius 2 is 1.83 bits per heavy atom. The van der Waals surface area contributed by atoms with Gasteiger partial charge in [0.1, 0.15) is 12.1 Å². The molecule has 2 atom stereocenters. The van der Waals surface area contributed by atoms with E-state index < -0.39 is 6.09 Å². The van der Waals surface area contributed by atoms with Crippen molar-refractivity contribution in [2.75, 3.05) is 0 Å². The molecule has 114 valence electrons. The van der Waals surface area contributed by atoms with Gasteiger partial charge in [-0.05, 0) is 22.8 Å². The first-order chi connectivity index (χ1) is 11.2. The van der Waals surface area contributed by atoms with Gasteiger partial charge in [0.15, 0.2) is 0 Å². The third kappa shape index (κ3) is 2.32. The Hall–Kier alpha value is -2.88. The van der Waals surface area contributed by atoms with E-state index in [1.807, 2.05) is 54.6 Å². The third-order valence-corrected chi connectivity index (χ3v) is 4.33. The summed E-state index contributed by atoms with van der Waals surface area (Å²) in [5.41, 5.74) is 3.06. The van der Waals surface area contributed by atoms with Crippen LogP contribution in [-0.4, -0.2) is 23.0 Å². The number of fused-ring (bicyclic) bond motifs is 3. The molecule has 2 amide bonds. The van der Waals surface area contributed by atoms with E-state index in [9.17, 15) is 9.59 Å². The van der Waals surface area contributed by atoms with Gasteiger partial charge in [0, 0.05) is 12.5 Å². The Balaban J connectivity index is 1.62. The zero-order valence-corrected chi connectivity index (χ0v) is 12.4. The standard InChI is InChI=1S/C19H15NO3/c21-17(11-10-13-6-2-1-3-7-13)20-18-15-9-5-4-8-14(15)12-16(18)23-19(20)22/h1-11,16,18H,12H2/b11-10+/t16-,18+/m0/s1. The minimum Gasteiger partial charge on any atom is -0.443 e. The number of hydrogen-bond acceptors (Lipinski definition) is 3. The molecule has 1 heterocycles. The van der Waals surface area contributed by atoms with Crippen molar-refractivity contribution in [3.05, 3.63) is 77.4 Å². The highest BCUT2D eigenvalue weighted by atomic mass is 16.6. The Morgan fingerprint density at radius 3 is 2.65 bits per heavy atom. The number of benzene rings is 2. The number of carbonyl (C=O) groups excluding carboxylic acids is 2. The summed E-state index contributed by atoms with van der Waals surface area (Å²) in [7, 11) is 0. The van der Waals surface area contributed by atoms with Crippen LogP contribution in [0.5, 0.6) is 0 Å². The lowest BCUT2D eigenvalue weighted by Gasteiger charge is -2.18. The minimum absolute atomic E-state index is 0.269. The molecule has 1 saturated heterocycles. The SMILES string of the molecule is O=C(/C=C/c1ccccc1)N1C(=O)O[C@H]2Cc3ccccc3[C@H]21. The van der Waals surface area contributed by atoms with Crippen molar-refractivity contribution in [2.45, 2.75) is 18.6 Å². The molecule has 0 saturated carbocycles. The van der Waals surface area contributed by atoms with Crippen molar-refractivity contribution < 1.29 is 14.3 Å². The molecule has 2 aromatic carbocycles. The lowest BCUT2D eigenvalue weighted by molar-refractivity contribution is -0.124. The summed E-state index contributed by atoms with van der Waals surface area (Å²) < 4.78 is 5.39. The topological polar surface area (TPSA) is 46.6 Å². The van der Waals surface area contributed by atoms with Gasteiger partial charge in [-0.25, -0.2) is 9.69 Å². The molecule has 1 aliphatic carbocycles. The molecule has 4 rings (SSSR count). The van der Waals surface area contributed by atoms with E-state index >= 15 is 0 Å². The monoisotopic (exact) mass is 305 g/mol. The first-order valence-electron chi connectivity index (χ1n) is 7.59. The molecule has 2 aliphatic rings. The molecule has 1 fully saturated rings. The zero-order chi connectivity index (χ0) is 15.8.